The highest BCUT2D eigenvalue weighted by Gasteiger charge is 2.26. The van der Waals surface area contributed by atoms with Crippen LogP contribution >= 0.6 is 0 Å². The fraction of sp³-hybridized carbons (Fsp3) is 0.348. The third kappa shape index (κ3) is 5.05. The molecule has 2 aromatic carbocycles. The van der Waals surface area contributed by atoms with Crippen LogP contribution in [0.25, 0.3) is 11.5 Å². The van der Waals surface area contributed by atoms with E-state index in [0.29, 0.717) is 19.0 Å². The minimum absolute atomic E-state index is 0.0927. The van der Waals surface area contributed by atoms with Gasteiger partial charge in [-0.2, -0.15) is 9.29 Å². The molecule has 0 unspecified atom stereocenters. The molecule has 9 heteroatoms. The molecule has 3 aromatic rings. The molecule has 0 amide bonds. The maximum absolute atomic E-state index is 13.0. The van der Waals surface area contributed by atoms with E-state index in [1.54, 1.807) is 6.07 Å². The SMILES string of the molecule is Cc1ccc(-c2nc(COC(=O)c3cccc(S(=O)(=O)N4CCCCCC4)c3)no2)cc1. The van der Waals surface area contributed by atoms with Gasteiger partial charge in [0.25, 0.3) is 5.89 Å². The van der Waals surface area contributed by atoms with Gasteiger partial charge in [0.1, 0.15) is 0 Å². The molecule has 2 heterocycles. The Hall–Kier alpha value is -3.04. The van der Waals surface area contributed by atoms with Gasteiger partial charge in [-0.05, 0) is 50.1 Å². The molecule has 0 atom stereocenters. The molecule has 0 radical (unpaired) electrons. The Labute approximate surface area is 187 Å². The summed E-state index contributed by atoms with van der Waals surface area (Å²) in [4.78, 5) is 16.9. The van der Waals surface area contributed by atoms with Crippen molar-refractivity contribution in [2.75, 3.05) is 13.1 Å². The highest BCUT2D eigenvalue weighted by molar-refractivity contribution is 7.89. The van der Waals surface area contributed by atoms with Gasteiger partial charge in [0.2, 0.25) is 15.8 Å². The number of hydrogen-bond acceptors (Lipinski definition) is 7. The van der Waals surface area contributed by atoms with Gasteiger partial charge in [0.05, 0.1) is 10.5 Å². The molecule has 8 nitrogen and oxygen atoms in total. The van der Waals surface area contributed by atoms with Crippen molar-refractivity contribution in [2.24, 2.45) is 0 Å². The molecule has 1 aromatic heterocycles. The first-order valence-corrected chi connectivity index (χ1v) is 12.0. The number of carbonyl (C=O) groups is 1. The van der Waals surface area contributed by atoms with Crippen molar-refractivity contribution in [3.63, 3.8) is 0 Å². The average molecular weight is 456 g/mol. The van der Waals surface area contributed by atoms with Gasteiger partial charge in [0, 0.05) is 18.7 Å². The molecule has 0 aliphatic carbocycles. The summed E-state index contributed by atoms with van der Waals surface area (Å²) in [5.41, 5.74) is 2.04. The standard InChI is InChI=1S/C23H25N3O5S/c1-17-9-11-18(12-10-17)22-24-21(25-31-22)16-30-23(27)19-7-6-8-20(15-19)32(28,29)26-13-4-2-3-5-14-26/h6-12,15H,2-5,13-14,16H2,1H3. The van der Waals surface area contributed by atoms with Crippen molar-refractivity contribution < 1.29 is 22.5 Å². The van der Waals surface area contributed by atoms with Crippen LogP contribution in [-0.2, 0) is 21.4 Å². The highest BCUT2D eigenvalue weighted by Crippen LogP contribution is 2.22. The molecule has 4 rings (SSSR count). The number of aromatic nitrogens is 2. The minimum Gasteiger partial charge on any atom is -0.454 e. The maximum Gasteiger partial charge on any atom is 0.338 e. The minimum atomic E-state index is -3.65. The quantitative estimate of drug-likeness (QED) is 0.518. The molecule has 1 aliphatic heterocycles. The summed E-state index contributed by atoms with van der Waals surface area (Å²) in [6.45, 7) is 2.80. The third-order valence-corrected chi connectivity index (χ3v) is 7.27. The summed E-state index contributed by atoms with van der Waals surface area (Å²) in [5.74, 6) is -0.0940. The molecule has 168 valence electrons. The molecule has 0 bridgehead atoms. The first kappa shape index (κ1) is 22.2. The van der Waals surface area contributed by atoms with Crippen LogP contribution in [0, 0.1) is 6.92 Å². The second-order valence-corrected chi connectivity index (χ2v) is 9.74. The summed E-state index contributed by atoms with van der Waals surface area (Å²) in [6.07, 6.45) is 3.74. The highest BCUT2D eigenvalue weighted by atomic mass is 32.2. The zero-order chi connectivity index (χ0) is 22.6. The number of aryl methyl sites for hydroxylation is 1. The van der Waals surface area contributed by atoms with E-state index in [0.717, 1.165) is 36.8 Å². The fourth-order valence-corrected chi connectivity index (χ4v) is 5.12. The maximum atomic E-state index is 13.0. The van der Waals surface area contributed by atoms with Crippen LogP contribution in [0.5, 0.6) is 0 Å². The lowest BCUT2D eigenvalue weighted by molar-refractivity contribution is 0.0459. The Kier molecular flexibility index (Phi) is 6.66. The lowest BCUT2D eigenvalue weighted by Crippen LogP contribution is -2.32. The summed E-state index contributed by atoms with van der Waals surface area (Å²) in [7, 11) is -3.65. The molecule has 0 saturated carbocycles. The number of carbonyl (C=O) groups excluding carboxylic acids is 1. The number of esters is 1. The molecule has 1 saturated heterocycles. The Balaban J connectivity index is 1.42. The number of sulfonamides is 1. The van der Waals surface area contributed by atoms with Gasteiger partial charge < -0.3 is 9.26 Å². The van der Waals surface area contributed by atoms with Crippen LogP contribution in [0.4, 0.5) is 0 Å². The third-order valence-electron chi connectivity index (χ3n) is 5.37. The van der Waals surface area contributed by atoms with E-state index in [9.17, 15) is 13.2 Å². The van der Waals surface area contributed by atoms with Crippen molar-refractivity contribution >= 4 is 16.0 Å². The smallest absolute Gasteiger partial charge is 0.338 e. The van der Waals surface area contributed by atoms with Crippen molar-refractivity contribution in [2.45, 2.75) is 44.1 Å². The van der Waals surface area contributed by atoms with E-state index in [1.807, 2.05) is 31.2 Å². The van der Waals surface area contributed by atoms with E-state index in [4.69, 9.17) is 9.26 Å². The Morgan fingerprint density at radius 1 is 1.06 bits per heavy atom. The van der Waals surface area contributed by atoms with Gasteiger partial charge in [-0.15, -0.1) is 0 Å². The molecule has 1 fully saturated rings. The fourth-order valence-electron chi connectivity index (χ4n) is 3.55. The number of nitrogens with zero attached hydrogens (tertiary/aromatic N) is 3. The first-order chi connectivity index (χ1) is 15.4. The predicted octanol–water partition coefficient (Wildman–Crippen LogP) is 3.97. The van der Waals surface area contributed by atoms with E-state index < -0.39 is 16.0 Å². The van der Waals surface area contributed by atoms with E-state index >= 15 is 0 Å². The van der Waals surface area contributed by atoms with Crippen molar-refractivity contribution in [1.82, 2.24) is 14.4 Å². The van der Waals surface area contributed by atoms with E-state index in [2.05, 4.69) is 10.1 Å². The Morgan fingerprint density at radius 3 is 2.50 bits per heavy atom. The van der Waals surface area contributed by atoms with E-state index in [1.165, 1.54) is 22.5 Å². The zero-order valence-corrected chi connectivity index (χ0v) is 18.7. The van der Waals surface area contributed by atoms with Crippen molar-refractivity contribution in [1.29, 1.82) is 0 Å². The second kappa shape index (κ2) is 9.62. The van der Waals surface area contributed by atoms with Gasteiger partial charge in [0.15, 0.2) is 6.61 Å². The summed E-state index contributed by atoms with van der Waals surface area (Å²) in [5, 5.41) is 3.84. The largest absolute Gasteiger partial charge is 0.454 e. The van der Waals surface area contributed by atoms with Gasteiger partial charge in [-0.3, -0.25) is 0 Å². The van der Waals surface area contributed by atoms with Crippen LogP contribution in [0.2, 0.25) is 0 Å². The predicted molar refractivity (Wildman–Crippen MR) is 117 cm³/mol. The Morgan fingerprint density at radius 2 is 1.78 bits per heavy atom. The van der Waals surface area contributed by atoms with Crippen molar-refractivity contribution in [3.05, 3.63) is 65.5 Å². The lowest BCUT2D eigenvalue weighted by atomic mass is 10.1. The van der Waals surface area contributed by atoms with Crippen LogP contribution in [-0.4, -0.2) is 41.9 Å². The average Bonchev–Trinajstić information content (AvgIpc) is 3.10. The number of rotatable bonds is 6. The van der Waals surface area contributed by atoms with Crippen LogP contribution < -0.4 is 0 Å². The van der Waals surface area contributed by atoms with Crippen LogP contribution in [0.15, 0.2) is 57.9 Å². The summed E-state index contributed by atoms with van der Waals surface area (Å²) in [6, 6.07) is 13.5. The number of benzene rings is 2. The second-order valence-electron chi connectivity index (χ2n) is 7.80. The molecular formula is C23H25N3O5S. The van der Waals surface area contributed by atoms with E-state index in [-0.39, 0.29) is 22.9 Å². The lowest BCUT2D eigenvalue weighted by Gasteiger charge is -2.20. The zero-order valence-electron chi connectivity index (χ0n) is 17.9. The molecular weight excluding hydrogens is 430 g/mol. The molecule has 1 aliphatic rings. The van der Waals surface area contributed by atoms with Crippen LogP contribution in [0.1, 0.15) is 47.4 Å². The van der Waals surface area contributed by atoms with Crippen LogP contribution in [0.3, 0.4) is 0 Å². The molecule has 0 N–H and O–H groups in total. The Bertz CT molecular complexity index is 1180. The summed E-state index contributed by atoms with van der Waals surface area (Å²) >= 11 is 0. The van der Waals surface area contributed by atoms with Gasteiger partial charge in [-0.25, -0.2) is 13.2 Å². The molecule has 0 spiro atoms. The summed E-state index contributed by atoms with van der Waals surface area (Å²) < 4.78 is 38.0. The number of hydrogen-bond donors (Lipinski definition) is 0. The van der Waals surface area contributed by atoms with Gasteiger partial charge >= 0.3 is 5.97 Å². The molecule has 32 heavy (non-hydrogen) atoms. The topological polar surface area (TPSA) is 103 Å². The number of ether oxygens (including phenoxy) is 1. The van der Waals surface area contributed by atoms with Crippen molar-refractivity contribution in [3.8, 4) is 11.5 Å². The van der Waals surface area contributed by atoms with Gasteiger partial charge in [-0.1, -0.05) is 41.8 Å². The monoisotopic (exact) mass is 455 g/mol. The normalized spacial score (nSPS) is 15.3. The first-order valence-electron chi connectivity index (χ1n) is 10.6.